The summed E-state index contributed by atoms with van der Waals surface area (Å²) in [4.78, 5) is 32.4. The molecule has 5 aliphatic rings. The van der Waals surface area contributed by atoms with Crippen molar-refractivity contribution in [3.8, 4) is 17.0 Å². The fourth-order valence-electron chi connectivity index (χ4n) is 9.34. The highest BCUT2D eigenvalue weighted by Crippen LogP contribution is 2.48. The molecule has 9 rings (SSSR count). The van der Waals surface area contributed by atoms with E-state index in [4.69, 9.17) is 9.47 Å². The Balaban J connectivity index is 1.18. The van der Waals surface area contributed by atoms with Crippen molar-refractivity contribution in [3.63, 3.8) is 0 Å². The number of rotatable bonds is 7. The maximum atomic E-state index is 14.4. The highest BCUT2D eigenvalue weighted by atomic mass is 32.2. The van der Waals surface area contributed by atoms with E-state index in [1.165, 1.54) is 16.3 Å². The minimum absolute atomic E-state index is 0.0492. The van der Waals surface area contributed by atoms with Crippen LogP contribution in [0.4, 0.5) is 0 Å². The standard InChI is InChI=1S/C41H47N7O6S/c1-44-30-10-11-31(44)25-46(24-30)41(50)35-22-42-45(2)38(35)29-19-28-20-32(53-3)12-14-33(28)39-37(26-7-5-4-6-8-26)34-13-9-27(21-36(34)48(39)23-29)40(49)43-55(51,52)47-15-17-54-18-16-47/h9-14,19-22,26,30-31H,4-8,15-18,23-25H2,1-3H3,(H,43,49). The van der Waals surface area contributed by atoms with Crippen molar-refractivity contribution in [1.82, 2.24) is 33.2 Å². The van der Waals surface area contributed by atoms with Crippen LogP contribution in [0.1, 0.15) is 75.6 Å². The van der Waals surface area contributed by atoms with Gasteiger partial charge in [0, 0.05) is 67.3 Å². The second-order valence-electron chi connectivity index (χ2n) is 15.4. The highest BCUT2D eigenvalue weighted by Gasteiger charge is 2.38. The number of likely N-dealkylation sites (N-methyl/N-ethyl adjacent to an activating group) is 1. The summed E-state index contributed by atoms with van der Waals surface area (Å²) < 4.78 is 45.2. The van der Waals surface area contributed by atoms with E-state index in [2.05, 4.69) is 50.6 Å². The molecular weight excluding hydrogens is 719 g/mol. The molecule has 2 saturated heterocycles. The monoisotopic (exact) mass is 765 g/mol. The Morgan fingerprint density at radius 2 is 1.69 bits per heavy atom. The van der Waals surface area contributed by atoms with Gasteiger partial charge in [-0.1, -0.05) is 37.5 Å². The zero-order chi connectivity index (χ0) is 38.0. The van der Waals surface area contributed by atoms with Gasteiger partial charge in [0.2, 0.25) is 0 Å². The third-order valence-corrected chi connectivity index (χ3v) is 13.7. The molecule has 13 nitrogen and oxygen atoms in total. The number of carbonyl (C=O) groups excluding carboxylic acids is 2. The highest BCUT2D eigenvalue weighted by molar-refractivity contribution is 7.87. The minimum Gasteiger partial charge on any atom is -0.497 e. The minimum atomic E-state index is -4.06. The van der Waals surface area contributed by atoms with E-state index in [1.54, 1.807) is 24.1 Å². The number of nitrogens with one attached hydrogen (secondary N) is 1. The smallest absolute Gasteiger partial charge is 0.304 e. The van der Waals surface area contributed by atoms with Gasteiger partial charge in [0.15, 0.2) is 0 Å². The van der Waals surface area contributed by atoms with Crippen molar-refractivity contribution in [2.45, 2.75) is 56.7 Å². The number of aromatic nitrogens is 3. The van der Waals surface area contributed by atoms with Gasteiger partial charge in [-0.05, 0) is 78.9 Å². The predicted octanol–water partition coefficient (Wildman–Crippen LogP) is 4.65. The first-order valence-electron chi connectivity index (χ1n) is 19.3. The fourth-order valence-corrected chi connectivity index (χ4v) is 10.5. The summed E-state index contributed by atoms with van der Waals surface area (Å²) in [7, 11) is 1.58. The molecular formula is C41H47N7O6S. The molecule has 2 aromatic carbocycles. The molecule has 4 aromatic rings. The maximum absolute atomic E-state index is 14.4. The van der Waals surface area contributed by atoms with Crippen molar-refractivity contribution >= 4 is 44.6 Å². The number of methoxy groups -OCH3 is 1. The van der Waals surface area contributed by atoms with Crippen LogP contribution in [0.25, 0.3) is 33.8 Å². The first-order valence-corrected chi connectivity index (χ1v) is 20.7. The number of fused-ring (bicyclic) bond motifs is 7. The quantitative estimate of drug-likeness (QED) is 0.269. The van der Waals surface area contributed by atoms with Gasteiger partial charge in [-0.15, -0.1) is 0 Å². The van der Waals surface area contributed by atoms with Crippen molar-refractivity contribution in [3.05, 3.63) is 82.7 Å². The largest absolute Gasteiger partial charge is 0.497 e. The summed E-state index contributed by atoms with van der Waals surface area (Å²) in [5.74, 6) is 0.292. The van der Waals surface area contributed by atoms with Crippen LogP contribution in [0.5, 0.6) is 5.75 Å². The number of ether oxygens (including phenoxy) is 2. The molecule has 0 radical (unpaired) electrons. The van der Waals surface area contributed by atoms with E-state index in [0.29, 0.717) is 31.1 Å². The zero-order valence-electron chi connectivity index (χ0n) is 31.5. The van der Waals surface area contributed by atoms with Gasteiger partial charge >= 0.3 is 10.2 Å². The third-order valence-electron chi connectivity index (χ3n) is 12.3. The average molecular weight is 766 g/mol. The molecule has 14 heteroatoms. The number of amides is 2. The van der Waals surface area contributed by atoms with E-state index >= 15 is 0 Å². The topological polar surface area (TPSA) is 131 Å². The lowest BCUT2D eigenvalue weighted by atomic mass is 9.81. The van der Waals surface area contributed by atoms with Crippen LogP contribution in [0.3, 0.4) is 0 Å². The van der Waals surface area contributed by atoms with Gasteiger partial charge in [-0.3, -0.25) is 19.2 Å². The van der Waals surface area contributed by atoms with Gasteiger partial charge in [0.1, 0.15) is 5.75 Å². The summed E-state index contributed by atoms with van der Waals surface area (Å²) >= 11 is 0. The Hall–Kier alpha value is -4.76. The normalized spacial score (nSPS) is 21.9. The SMILES string of the molecule is COc1ccc2c(c1)C=C(c1c(C(=O)N3CC4C=CC(C3)N4C)cnn1C)Cn1c-2c(C2CCCCC2)c2ccc(C(=O)NS(=O)(=O)N3CCOCC3)cc21. The first kappa shape index (κ1) is 35.9. The summed E-state index contributed by atoms with van der Waals surface area (Å²) in [5, 5.41) is 5.69. The molecule has 4 aliphatic heterocycles. The van der Waals surface area contributed by atoms with E-state index in [9.17, 15) is 18.0 Å². The Morgan fingerprint density at radius 1 is 0.945 bits per heavy atom. The molecule has 0 spiro atoms. The molecule has 1 aliphatic carbocycles. The fraction of sp³-hybridized carbons (Fsp3) is 0.439. The molecule has 2 amide bonds. The first-order chi connectivity index (χ1) is 26.6. The molecule has 55 heavy (non-hydrogen) atoms. The van der Waals surface area contributed by atoms with Crippen LogP contribution in [0.2, 0.25) is 0 Å². The third kappa shape index (κ3) is 6.28. The number of aryl methyl sites for hydroxylation is 1. The number of carbonyl (C=O) groups is 2. The number of piperazine rings is 1. The van der Waals surface area contributed by atoms with Gasteiger partial charge in [-0.25, -0.2) is 4.72 Å². The molecule has 2 bridgehead atoms. The summed E-state index contributed by atoms with van der Waals surface area (Å²) in [5.41, 5.74) is 7.56. The predicted molar refractivity (Wildman–Crippen MR) is 210 cm³/mol. The van der Waals surface area contributed by atoms with E-state index in [-0.39, 0.29) is 49.9 Å². The van der Waals surface area contributed by atoms with Crippen molar-refractivity contribution in [2.75, 3.05) is 53.6 Å². The Morgan fingerprint density at radius 3 is 2.42 bits per heavy atom. The van der Waals surface area contributed by atoms with E-state index in [0.717, 1.165) is 70.4 Å². The van der Waals surface area contributed by atoms with E-state index < -0.39 is 16.1 Å². The second kappa shape index (κ2) is 14.1. The van der Waals surface area contributed by atoms with Gasteiger partial charge in [0.05, 0.1) is 50.0 Å². The lowest BCUT2D eigenvalue weighted by molar-refractivity contribution is 0.0557. The number of allylic oxidation sites excluding steroid dienone is 1. The van der Waals surface area contributed by atoms with Crippen LogP contribution in [0.15, 0.2) is 54.7 Å². The van der Waals surface area contributed by atoms with Crippen molar-refractivity contribution in [2.24, 2.45) is 7.05 Å². The Bertz CT molecular complexity index is 2350. The lowest BCUT2D eigenvalue weighted by Crippen LogP contribution is -2.54. The maximum Gasteiger partial charge on any atom is 0.304 e. The van der Waals surface area contributed by atoms with Crippen molar-refractivity contribution in [1.29, 1.82) is 0 Å². The summed E-state index contributed by atoms with van der Waals surface area (Å²) in [6.07, 6.45) is 13.8. The van der Waals surface area contributed by atoms with Crippen LogP contribution < -0.4 is 9.46 Å². The van der Waals surface area contributed by atoms with E-state index in [1.807, 2.05) is 36.2 Å². The number of hydrogen-bond donors (Lipinski definition) is 1. The van der Waals surface area contributed by atoms with Gasteiger partial charge in [0.25, 0.3) is 11.8 Å². The molecule has 288 valence electrons. The number of benzene rings is 2. The number of nitrogens with zero attached hydrogens (tertiary/aromatic N) is 6. The van der Waals surface area contributed by atoms with Gasteiger partial charge in [-0.2, -0.15) is 17.8 Å². The Labute approximate surface area is 321 Å². The van der Waals surface area contributed by atoms with Crippen LogP contribution in [-0.4, -0.2) is 114 Å². The molecule has 6 heterocycles. The molecule has 2 unspecified atom stereocenters. The molecule has 1 N–H and O–H groups in total. The zero-order valence-corrected chi connectivity index (χ0v) is 32.3. The summed E-state index contributed by atoms with van der Waals surface area (Å²) in [6.45, 7) is 2.54. The molecule has 1 saturated carbocycles. The molecule has 3 fully saturated rings. The van der Waals surface area contributed by atoms with Crippen LogP contribution in [-0.2, 0) is 28.5 Å². The summed E-state index contributed by atoms with van der Waals surface area (Å²) in [6, 6.07) is 12.0. The number of morpholine rings is 1. The van der Waals surface area contributed by atoms with Crippen LogP contribution >= 0.6 is 0 Å². The van der Waals surface area contributed by atoms with Crippen LogP contribution in [0, 0.1) is 0 Å². The number of hydrogen-bond acceptors (Lipinski definition) is 8. The molecule has 2 atom stereocenters. The average Bonchev–Trinajstić information content (AvgIpc) is 3.74. The second-order valence-corrected chi connectivity index (χ2v) is 17.1. The molecule has 2 aromatic heterocycles. The van der Waals surface area contributed by atoms with Gasteiger partial charge < -0.3 is 18.9 Å². The Kier molecular flexibility index (Phi) is 9.19. The van der Waals surface area contributed by atoms with Crippen molar-refractivity contribution < 1.29 is 27.5 Å². The lowest BCUT2D eigenvalue weighted by Gasteiger charge is -2.39.